The Morgan fingerprint density at radius 3 is 2.61 bits per heavy atom. The van der Waals surface area contributed by atoms with Gasteiger partial charge in [-0.3, -0.25) is 9.59 Å². The molecule has 0 saturated heterocycles. The maximum absolute atomic E-state index is 11.9. The highest BCUT2D eigenvalue weighted by Gasteiger charge is 2.11. The van der Waals surface area contributed by atoms with E-state index in [1.54, 1.807) is 36.6 Å². The highest BCUT2D eigenvalue weighted by atomic mass is 35.5. The topological polar surface area (TPSA) is 71.3 Å². The van der Waals surface area contributed by atoms with Crippen LogP contribution in [0.25, 0.3) is 0 Å². The summed E-state index contributed by atoms with van der Waals surface area (Å²) in [5.41, 5.74) is 0.547. The van der Waals surface area contributed by atoms with Crippen molar-refractivity contribution in [3.8, 4) is 0 Å². The Balaban J connectivity index is 1.65. The van der Waals surface area contributed by atoms with Gasteiger partial charge in [0.25, 0.3) is 5.91 Å². The molecular weight excluding hydrogens is 316 g/mol. The van der Waals surface area contributed by atoms with E-state index in [9.17, 15) is 9.59 Å². The van der Waals surface area contributed by atoms with E-state index in [2.05, 4.69) is 10.6 Å². The van der Waals surface area contributed by atoms with Gasteiger partial charge in [0.1, 0.15) is 5.76 Å². The van der Waals surface area contributed by atoms with Gasteiger partial charge in [-0.1, -0.05) is 11.6 Å². The van der Waals surface area contributed by atoms with Gasteiger partial charge >= 0.3 is 0 Å². The first-order valence-electron chi connectivity index (χ1n) is 7.43. The van der Waals surface area contributed by atoms with Crippen LogP contribution in [0.2, 0.25) is 5.02 Å². The summed E-state index contributed by atoms with van der Waals surface area (Å²) in [6.07, 6.45) is 2.48. The number of nitrogens with one attached hydrogen (secondary N) is 2. The predicted molar refractivity (Wildman–Crippen MR) is 88.3 cm³/mol. The van der Waals surface area contributed by atoms with E-state index in [4.69, 9.17) is 16.0 Å². The van der Waals surface area contributed by atoms with Crippen LogP contribution in [0.1, 0.15) is 41.9 Å². The average Bonchev–Trinajstić information content (AvgIpc) is 3.06. The van der Waals surface area contributed by atoms with Crippen molar-refractivity contribution in [2.45, 2.75) is 25.8 Å². The third-order valence-corrected chi connectivity index (χ3v) is 3.57. The Bertz CT molecular complexity index is 638. The van der Waals surface area contributed by atoms with Gasteiger partial charge in [0, 0.05) is 23.6 Å². The number of furan rings is 1. The molecule has 1 heterocycles. The van der Waals surface area contributed by atoms with E-state index in [-0.39, 0.29) is 17.9 Å². The van der Waals surface area contributed by atoms with Crippen LogP contribution in [0.5, 0.6) is 0 Å². The molecule has 0 bridgehead atoms. The zero-order valence-electron chi connectivity index (χ0n) is 12.8. The zero-order valence-corrected chi connectivity index (χ0v) is 13.6. The minimum Gasteiger partial charge on any atom is -0.467 e. The lowest BCUT2D eigenvalue weighted by atomic mass is 10.2. The first-order chi connectivity index (χ1) is 11.1. The molecule has 0 radical (unpaired) electrons. The van der Waals surface area contributed by atoms with Gasteiger partial charge in [-0.05, 0) is 49.7 Å². The molecule has 6 heteroatoms. The second kappa shape index (κ2) is 8.39. The minimum atomic E-state index is -0.175. The molecule has 2 N–H and O–H groups in total. The smallest absolute Gasteiger partial charge is 0.251 e. The van der Waals surface area contributed by atoms with Crippen LogP contribution in [0.4, 0.5) is 0 Å². The van der Waals surface area contributed by atoms with Crippen LogP contribution in [0.3, 0.4) is 0 Å². The number of carbonyl (C=O) groups excluding carboxylic acids is 2. The van der Waals surface area contributed by atoms with Gasteiger partial charge in [0.05, 0.1) is 12.3 Å². The monoisotopic (exact) mass is 334 g/mol. The summed E-state index contributed by atoms with van der Waals surface area (Å²) in [5.74, 6) is 0.468. The Hall–Kier alpha value is -2.27. The summed E-state index contributed by atoms with van der Waals surface area (Å²) in [6, 6.07) is 10.1. The van der Waals surface area contributed by atoms with Crippen LogP contribution < -0.4 is 10.6 Å². The van der Waals surface area contributed by atoms with Gasteiger partial charge < -0.3 is 15.1 Å². The molecule has 2 amide bonds. The minimum absolute atomic E-state index is 0.0744. The van der Waals surface area contributed by atoms with Crippen molar-refractivity contribution in [1.82, 2.24) is 10.6 Å². The van der Waals surface area contributed by atoms with Crippen molar-refractivity contribution >= 4 is 23.4 Å². The lowest BCUT2D eigenvalue weighted by Crippen LogP contribution is -2.28. The van der Waals surface area contributed by atoms with Gasteiger partial charge in [0.2, 0.25) is 5.91 Å². The molecule has 0 aliphatic rings. The van der Waals surface area contributed by atoms with Crippen LogP contribution in [-0.4, -0.2) is 18.4 Å². The van der Waals surface area contributed by atoms with Crippen molar-refractivity contribution < 1.29 is 14.0 Å². The quantitative estimate of drug-likeness (QED) is 0.763. The van der Waals surface area contributed by atoms with Gasteiger partial charge in [-0.25, -0.2) is 0 Å². The van der Waals surface area contributed by atoms with Crippen LogP contribution >= 0.6 is 11.6 Å². The fraction of sp³-hybridized carbons (Fsp3) is 0.294. The van der Waals surface area contributed by atoms with Gasteiger partial charge in [-0.15, -0.1) is 0 Å². The molecule has 2 rings (SSSR count). The van der Waals surface area contributed by atoms with Crippen molar-refractivity contribution in [2.24, 2.45) is 0 Å². The standard InChI is InChI=1S/C17H19ClN2O3/c1-12(15-4-3-11-23-15)20-16(21)5-2-10-19-17(22)13-6-8-14(18)9-7-13/h3-4,6-9,11-12H,2,5,10H2,1H3,(H,19,22)(H,20,21)/t12-/m0/s1. The highest BCUT2D eigenvalue weighted by Crippen LogP contribution is 2.12. The van der Waals surface area contributed by atoms with Gasteiger partial charge in [0.15, 0.2) is 0 Å². The highest BCUT2D eigenvalue weighted by molar-refractivity contribution is 6.30. The van der Waals surface area contributed by atoms with Gasteiger partial charge in [-0.2, -0.15) is 0 Å². The number of carbonyl (C=O) groups is 2. The molecule has 0 unspecified atom stereocenters. The molecule has 0 saturated carbocycles. The Labute approximate surface area is 140 Å². The molecule has 0 spiro atoms. The van der Waals surface area contributed by atoms with E-state index in [0.29, 0.717) is 30.0 Å². The molecule has 1 aromatic heterocycles. The lowest BCUT2D eigenvalue weighted by Gasteiger charge is -2.11. The molecule has 0 aliphatic carbocycles. The van der Waals surface area contributed by atoms with Crippen LogP contribution in [0, 0.1) is 0 Å². The largest absolute Gasteiger partial charge is 0.467 e. The second-order valence-electron chi connectivity index (χ2n) is 5.17. The fourth-order valence-corrected chi connectivity index (χ4v) is 2.20. The lowest BCUT2D eigenvalue weighted by molar-refractivity contribution is -0.121. The summed E-state index contributed by atoms with van der Waals surface area (Å²) in [4.78, 5) is 23.7. The summed E-state index contributed by atoms with van der Waals surface area (Å²) < 4.78 is 5.23. The average molecular weight is 335 g/mol. The fourth-order valence-electron chi connectivity index (χ4n) is 2.08. The number of halogens is 1. The third-order valence-electron chi connectivity index (χ3n) is 3.32. The molecule has 1 atom stereocenters. The number of benzene rings is 1. The Morgan fingerprint density at radius 1 is 1.22 bits per heavy atom. The first-order valence-corrected chi connectivity index (χ1v) is 7.80. The van der Waals surface area contributed by atoms with E-state index in [0.717, 1.165) is 5.76 Å². The van der Waals surface area contributed by atoms with Crippen molar-refractivity contribution in [2.75, 3.05) is 6.54 Å². The maximum atomic E-state index is 11.9. The van der Waals surface area contributed by atoms with Crippen LogP contribution in [0.15, 0.2) is 47.1 Å². The molecule has 1 aromatic carbocycles. The van der Waals surface area contributed by atoms with Crippen molar-refractivity contribution in [3.63, 3.8) is 0 Å². The van der Waals surface area contributed by atoms with Crippen LogP contribution in [-0.2, 0) is 4.79 Å². The zero-order chi connectivity index (χ0) is 16.7. The second-order valence-corrected chi connectivity index (χ2v) is 5.61. The molecule has 23 heavy (non-hydrogen) atoms. The number of rotatable bonds is 7. The SMILES string of the molecule is C[C@H](NC(=O)CCCNC(=O)c1ccc(Cl)cc1)c1ccco1. The van der Waals surface area contributed by atoms with E-state index in [1.807, 2.05) is 13.0 Å². The van der Waals surface area contributed by atoms with E-state index in [1.165, 1.54) is 0 Å². The molecule has 122 valence electrons. The summed E-state index contributed by atoms with van der Waals surface area (Å²) in [6.45, 7) is 2.29. The number of hydrogen-bond donors (Lipinski definition) is 2. The van der Waals surface area contributed by atoms with E-state index >= 15 is 0 Å². The van der Waals surface area contributed by atoms with E-state index < -0.39 is 0 Å². The van der Waals surface area contributed by atoms with Crippen molar-refractivity contribution in [3.05, 3.63) is 59.0 Å². The molecule has 0 aliphatic heterocycles. The predicted octanol–water partition coefficient (Wildman–Crippen LogP) is 3.32. The summed E-state index contributed by atoms with van der Waals surface area (Å²) in [7, 11) is 0. The molecule has 2 aromatic rings. The van der Waals surface area contributed by atoms with Crippen molar-refractivity contribution in [1.29, 1.82) is 0 Å². The molecule has 5 nitrogen and oxygen atoms in total. The normalized spacial score (nSPS) is 11.7. The molecular formula is C17H19ClN2O3. The Morgan fingerprint density at radius 2 is 1.96 bits per heavy atom. The summed E-state index contributed by atoms with van der Waals surface area (Å²) in [5, 5.41) is 6.21. The maximum Gasteiger partial charge on any atom is 0.251 e. The summed E-state index contributed by atoms with van der Waals surface area (Å²) >= 11 is 5.77. The Kier molecular flexibility index (Phi) is 6.23. The number of amides is 2. The first kappa shape index (κ1) is 17.1. The number of hydrogen-bond acceptors (Lipinski definition) is 3. The third kappa shape index (κ3) is 5.45. The molecule has 0 fully saturated rings.